The molecule has 0 bridgehead atoms. The Morgan fingerprint density at radius 2 is 1.67 bits per heavy atom. The summed E-state index contributed by atoms with van der Waals surface area (Å²) in [5.41, 5.74) is 11.3. The molecule has 1 fully saturated rings. The first-order valence-electron chi connectivity index (χ1n) is 14.7. The zero-order valence-corrected chi connectivity index (χ0v) is 26.8. The lowest BCUT2D eigenvalue weighted by molar-refractivity contribution is 0.0981. The second-order valence-electron chi connectivity index (χ2n) is 13.9. The maximum Gasteiger partial charge on any atom is 0.281 e. The van der Waals surface area contributed by atoms with E-state index in [4.69, 9.17) is 10.7 Å². The Bertz CT molecular complexity index is 1680. The highest BCUT2D eigenvalue weighted by Crippen LogP contribution is 2.48. The SMILES string of the molecule is Cc1cc2c(cc1-c1cnc(N3CCC(C)C3(C)C)c(C(=O)NS(=O)(=O)c3cccc(N)n3)c1)C(C)(C)CCC2(C)C. The molecule has 1 amide bonds. The first-order chi connectivity index (χ1) is 19.4. The Morgan fingerprint density at radius 1 is 1.02 bits per heavy atom. The van der Waals surface area contributed by atoms with E-state index in [-0.39, 0.29) is 32.8 Å². The van der Waals surface area contributed by atoms with E-state index >= 15 is 0 Å². The van der Waals surface area contributed by atoms with Gasteiger partial charge in [0.25, 0.3) is 15.9 Å². The molecule has 224 valence electrons. The van der Waals surface area contributed by atoms with Crippen LogP contribution in [0.3, 0.4) is 0 Å². The van der Waals surface area contributed by atoms with Crippen molar-refractivity contribution in [3.05, 3.63) is 64.8 Å². The lowest BCUT2D eigenvalue weighted by Crippen LogP contribution is -2.43. The molecule has 5 rings (SSSR count). The highest BCUT2D eigenvalue weighted by Gasteiger charge is 2.41. The third-order valence-corrected chi connectivity index (χ3v) is 11.0. The molecule has 42 heavy (non-hydrogen) atoms. The van der Waals surface area contributed by atoms with E-state index in [0.29, 0.717) is 18.3 Å². The number of nitrogen functional groups attached to an aromatic ring is 1. The number of hydrogen-bond acceptors (Lipinski definition) is 7. The van der Waals surface area contributed by atoms with Gasteiger partial charge in [0, 0.05) is 23.8 Å². The molecule has 1 unspecified atom stereocenters. The molecule has 0 spiro atoms. The summed E-state index contributed by atoms with van der Waals surface area (Å²) in [5, 5.41) is -0.313. The topological polar surface area (TPSA) is 118 Å². The molecule has 2 aromatic heterocycles. The van der Waals surface area contributed by atoms with Crippen molar-refractivity contribution < 1.29 is 13.2 Å². The number of nitrogens with one attached hydrogen (secondary N) is 1. The summed E-state index contributed by atoms with van der Waals surface area (Å²) in [5.74, 6) is 0.134. The van der Waals surface area contributed by atoms with Crippen molar-refractivity contribution in [1.82, 2.24) is 14.7 Å². The summed E-state index contributed by atoms with van der Waals surface area (Å²) in [7, 11) is -4.27. The van der Waals surface area contributed by atoms with E-state index in [0.717, 1.165) is 36.0 Å². The Hall–Kier alpha value is -3.46. The van der Waals surface area contributed by atoms with Gasteiger partial charge < -0.3 is 10.6 Å². The minimum atomic E-state index is -4.27. The van der Waals surface area contributed by atoms with E-state index in [9.17, 15) is 13.2 Å². The number of amides is 1. The van der Waals surface area contributed by atoms with Crippen molar-refractivity contribution >= 4 is 27.6 Å². The maximum atomic E-state index is 13.9. The van der Waals surface area contributed by atoms with E-state index < -0.39 is 15.9 Å². The monoisotopic (exact) mass is 589 g/mol. The molecule has 3 aromatic rings. The summed E-state index contributed by atoms with van der Waals surface area (Å²) in [6, 6.07) is 10.6. The van der Waals surface area contributed by atoms with Gasteiger partial charge in [0.2, 0.25) is 0 Å². The van der Waals surface area contributed by atoms with Crippen molar-refractivity contribution in [3.8, 4) is 11.1 Å². The minimum absolute atomic E-state index is 0.00913. The van der Waals surface area contributed by atoms with Crippen LogP contribution < -0.4 is 15.4 Å². The van der Waals surface area contributed by atoms with Crippen LogP contribution in [-0.2, 0) is 20.9 Å². The van der Waals surface area contributed by atoms with Gasteiger partial charge in [0.05, 0.1) is 5.56 Å². The van der Waals surface area contributed by atoms with E-state index in [1.54, 1.807) is 6.07 Å². The molecule has 3 N–H and O–H groups in total. The van der Waals surface area contributed by atoms with Gasteiger partial charge in [-0.15, -0.1) is 0 Å². The average Bonchev–Trinajstić information content (AvgIpc) is 3.17. The summed E-state index contributed by atoms with van der Waals surface area (Å²) in [4.78, 5) is 24.8. The molecule has 0 saturated carbocycles. The molecule has 2 aliphatic rings. The number of hydrogen-bond donors (Lipinski definition) is 2. The van der Waals surface area contributed by atoms with Gasteiger partial charge in [0.1, 0.15) is 11.6 Å². The highest BCUT2D eigenvalue weighted by molar-refractivity contribution is 7.90. The molecular weight excluding hydrogens is 546 g/mol. The van der Waals surface area contributed by atoms with Crippen LogP contribution in [0.5, 0.6) is 0 Å². The number of benzene rings is 1. The number of sulfonamides is 1. The van der Waals surface area contributed by atoms with Gasteiger partial charge in [0.15, 0.2) is 5.03 Å². The van der Waals surface area contributed by atoms with Gasteiger partial charge in [-0.05, 0) is 103 Å². The van der Waals surface area contributed by atoms with Crippen LogP contribution >= 0.6 is 0 Å². The smallest absolute Gasteiger partial charge is 0.281 e. The second kappa shape index (κ2) is 10.1. The molecule has 3 heterocycles. The Labute approximate surface area is 250 Å². The molecular formula is C33H43N5O3S. The van der Waals surface area contributed by atoms with Crippen molar-refractivity contribution in [2.45, 2.75) is 96.0 Å². The summed E-state index contributed by atoms with van der Waals surface area (Å²) < 4.78 is 28.6. The fraction of sp³-hybridized carbons (Fsp3) is 0.485. The Kier molecular flexibility index (Phi) is 7.20. The molecule has 1 saturated heterocycles. The lowest BCUT2D eigenvalue weighted by Gasteiger charge is -2.42. The zero-order valence-electron chi connectivity index (χ0n) is 26.0. The van der Waals surface area contributed by atoms with E-state index in [1.165, 1.54) is 29.3 Å². The number of aryl methyl sites for hydroxylation is 1. The van der Waals surface area contributed by atoms with Crippen molar-refractivity contribution in [2.75, 3.05) is 17.2 Å². The van der Waals surface area contributed by atoms with Gasteiger partial charge in [-0.2, -0.15) is 8.42 Å². The number of fused-ring (bicyclic) bond motifs is 1. The predicted octanol–water partition coefficient (Wildman–Crippen LogP) is 6.13. The van der Waals surface area contributed by atoms with Crippen LogP contribution in [0.25, 0.3) is 11.1 Å². The average molecular weight is 590 g/mol. The quantitative estimate of drug-likeness (QED) is 0.368. The van der Waals surface area contributed by atoms with Crippen LogP contribution in [0.15, 0.2) is 47.6 Å². The summed E-state index contributed by atoms with van der Waals surface area (Å²) in [6.45, 7) is 18.4. The fourth-order valence-corrected chi connectivity index (χ4v) is 7.38. The van der Waals surface area contributed by atoms with Crippen LogP contribution in [0.1, 0.15) is 94.8 Å². The predicted molar refractivity (Wildman–Crippen MR) is 168 cm³/mol. The van der Waals surface area contributed by atoms with Gasteiger partial charge in [-0.1, -0.05) is 46.8 Å². The van der Waals surface area contributed by atoms with Gasteiger partial charge in [-0.25, -0.2) is 14.7 Å². The normalized spacial score (nSPS) is 20.7. The number of nitrogens with zero attached hydrogens (tertiary/aromatic N) is 3. The zero-order chi connectivity index (χ0) is 30.8. The first-order valence-corrected chi connectivity index (χ1v) is 16.2. The van der Waals surface area contributed by atoms with Crippen molar-refractivity contribution in [1.29, 1.82) is 0 Å². The van der Waals surface area contributed by atoms with E-state index in [2.05, 4.69) is 82.1 Å². The van der Waals surface area contributed by atoms with Crippen LogP contribution in [0.4, 0.5) is 11.6 Å². The lowest BCUT2D eigenvalue weighted by atomic mass is 9.62. The Morgan fingerprint density at radius 3 is 2.26 bits per heavy atom. The Balaban J connectivity index is 1.64. The van der Waals surface area contributed by atoms with Crippen LogP contribution in [0.2, 0.25) is 0 Å². The van der Waals surface area contributed by atoms with Crippen molar-refractivity contribution in [3.63, 3.8) is 0 Å². The van der Waals surface area contributed by atoms with Gasteiger partial charge in [-0.3, -0.25) is 4.79 Å². The third-order valence-electron chi connectivity index (χ3n) is 9.81. The fourth-order valence-electron chi connectivity index (χ4n) is 6.44. The number of rotatable bonds is 5. The standard InChI is InChI=1S/C33H43N5O3S/c1-20-16-25-26(32(5,6)14-13-31(25,3)4)18-23(20)22-17-24(29(35-19-22)38-15-12-21(2)33(38,7)8)30(39)37-42(40,41)28-11-9-10-27(34)36-28/h9-11,16-19,21H,12-15H2,1-8H3,(H2,34,36)(H,37,39). The molecule has 8 nitrogen and oxygen atoms in total. The number of anilines is 2. The van der Waals surface area contributed by atoms with Crippen LogP contribution in [0, 0.1) is 12.8 Å². The number of carbonyl (C=O) groups is 1. The van der Waals surface area contributed by atoms with Crippen LogP contribution in [-0.4, -0.2) is 36.4 Å². The number of carbonyl (C=O) groups excluding carboxylic acids is 1. The summed E-state index contributed by atoms with van der Waals surface area (Å²) in [6.07, 6.45) is 4.96. The van der Waals surface area contributed by atoms with E-state index in [1.807, 2.05) is 6.20 Å². The number of nitrogens with two attached hydrogens (primary N) is 1. The molecule has 1 aliphatic carbocycles. The van der Waals surface area contributed by atoms with Gasteiger partial charge >= 0.3 is 0 Å². The van der Waals surface area contributed by atoms with Crippen molar-refractivity contribution in [2.24, 2.45) is 5.92 Å². The number of aromatic nitrogens is 2. The molecule has 1 aliphatic heterocycles. The second-order valence-corrected chi connectivity index (χ2v) is 15.5. The molecule has 0 radical (unpaired) electrons. The summed E-state index contributed by atoms with van der Waals surface area (Å²) >= 11 is 0. The minimum Gasteiger partial charge on any atom is -0.384 e. The maximum absolute atomic E-state index is 13.9. The first kappa shape index (κ1) is 30.0. The number of pyridine rings is 2. The molecule has 1 aromatic carbocycles. The highest BCUT2D eigenvalue weighted by atomic mass is 32.2. The third kappa shape index (κ3) is 5.16. The molecule has 9 heteroatoms. The molecule has 1 atom stereocenters. The largest absolute Gasteiger partial charge is 0.384 e.